The maximum absolute atomic E-state index is 14.0. The molecule has 0 spiro atoms. The number of pyridine rings is 1. The molecule has 1 atom stereocenters. The van der Waals surface area contributed by atoms with E-state index in [1.165, 1.54) is 6.07 Å². The first-order chi connectivity index (χ1) is 9.59. The van der Waals surface area contributed by atoms with E-state index in [0.29, 0.717) is 17.8 Å². The van der Waals surface area contributed by atoms with Crippen molar-refractivity contribution in [3.8, 4) is 0 Å². The maximum atomic E-state index is 14.0. The molecule has 106 valence electrons. The minimum atomic E-state index is -0.696. The van der Waals surface area contributed by atoms with Gasteiger partial charge in [-0.2, -0.15) is 0 Å². The highest BCUT2D eigenvalue weighted by atomic mass is 19.1. The smallest absolute Gasteiger partial charge is 0.146 e. The number of aliphatic hydroxyl groups excluding tert-OH is 1. The lowest BCUT2D eigenvalue weighted by Gasteiger charge is -2.24. The van der Waals surface area contributed by atoms with Crippen molar-refractivity contribution in [3.05, 3.63) is 59.7 Å². The standard InChI is InChI=1S/C16H19FN2O/c1-12(20)14-7-5-8-15(17)16(14)19(2)11-9-13-6-3-4-10-18-13/h3-8,10,12,20H,9,11H2,1-2H3. The van der Waals surface area contributed by atoms with E-state index in [4.69, 9.17) is 0 Å². The molecular weight excluding hydrogens is 255 g/mol. The van der Waals surface area contributed by atoms with Crippen molar-refractivity contribution >= 4 is 5.69 Å². The van der Waals surface area contributed by atoms with Gasteiger partial charge in [-0.05, 0) is 25.1 Å². The largest absolute Gasteiger partial charge is 0.389 e. The second kappa shape index (κ2) is 6.48. The van der Waals surface area contributed by atoms with Crippen LogP contribution in [0.3, 0.4) is 0 Å². The molecule has 1 aromatic carbocycles. The Morgan fingerprint density at radius 1 is 1.25 bits per heavy atom. The fourth-order valence-corrected chi connectivity index (χ4v) is 2.21. The molecule has 4 heteroatoms. The number of likely N-dealkylation sites (N-methyl/N-ethyl adjacent to an activating group) is 1. The molecule has 0 aliphatic carbocycles. The van der Waals surface area contributed by atoms with Gasteiger partial charge in [0.2, 0.25) is 0 Å². The second-order valence-corrected chi connectivity index (χ2v) is 4.85. The van der Waals surface area contributed by atoms with Gasteiger partial charge in [0.25, 0.3) is 0 Å². The Morgan fingerprint density at radius 3 is 2.70 bits per heavy atom. The SMILES string of the molecule is CC(O)c1cccc(F)c1N(C)CCc1ccccn1. The lowest BCUT2D eigenvalue weighted by molar-refractivity contribution is 0.199. The Balaban J connectivity index is 2.15. The van der Waals surface area contributed by atoms with E-state index < -0.39 is 6.10 Å². The van der Waals surface area contributed by atoms with Crippen LogP contribution in [0.15, 0.2) is 42.6 Å². The van der Waals surface area contributed by atoms with Gasteiger partial charge in [0.1, 0.15) is 5.82 Å². The highest BCUT2D eigenvalue weighted by Crippen LogP contribution is 2.28. The summed E-state index contributed by atoms with van der Waals surface area (Å²) >= 11 is 0. The number of hydrogen-bond acceptors (Lipinski definition) is 3. The molecule has 2 rings (SSSR count). The van der Waals surface area contributed by atoms with Gasteiger partial charge < -0.3 is 10.0 Å². The molecule has 20 heavy (non-hydrogen) atoms. The summed E-state index contributed by atoms with van der Waals surface area (Å²) in [6.07, 6.45) is 1.78. The summed E-state index contributed by atoms with van der Waals surface area (Å²) in [5, 5.41) is 9.76. The minimum absolute atomic E-state index is 0.313. The zero-order valence-corrected chi connectivity index (χ0v) is 11.8. The fourth-order valence-electron chi connectivity index (χ4n) is 2.21. The fraction of sp³-hybridized carbons (Fsp3) is 0.312. The number of benzene rings is 1. The first-order valence-electron chi connectivity index (χ1n) is 6.67. The normalized spacial score (nSPS) is 12.2. The molecule has 0 saturated heterocycles. The molecule has 1 aromatic heterocycles. The van der Waals surface area contributed by atoms with Gasteiger partial charge in [-0.3, -0.25) is 4.98 Å². The number of aromatic nitrogens is 1. The van der Waals surface area contributed by atoms with Crippen molar-refractivity contribution < 1.29 is 9.50 Å². The molecule has 1 heterocycles. The van der Waals surface area contributed by atoms with Gasteiger partial charge in [-0.15, -0.1) is 0 Å². The van der Waals surface area contributed by atoms with E-state index in [1.54, 1.807) is 25.3 Å². The molecule has 0 fully saturated rings. The van der Waals surface area contributed by atoms with Crippen LogP contribution in [-0.2, 0) is 6.42 Å². The molecule has 2 aromatic rings. The van der Waals surface area contributed by atoms with Crippen LogP contribution in [0.1, 0.15) is 24.3 Å². The monoisotopic (exact) mass is 274 g/mol. The first kappa shape index (κ1) is 14.5. The Hall–Kier alpha value is -1.94. The molecular formula is C16H19FN2O. The molecule has 1 unspecified atom stereocenters. The van der Waals surface area contributed by atoms with Crippen LogP contribution >= 0.6 is 0 Å². The highest BCUT2D eigenvalue weighted by Gasteiger charge is 2.16. The molecule has 3 nitrogen and oxygen atoms in total. The zero-order valence-electron chi connectivity index (χ0n) is 11.8. The molecule has 0 amide bonds. The minimum Gasteiger partial charge on any atom is -0.389 e. The first-order valence-corrected chi connectivity index (χ1v) is 6.67. The van der Waals surface area contributed by atoms with E-state index in [2.05, 4.69) is 4.98 Å². The molecule has 0 radical (unpaired) electrons. The van der Waals surface area contributed by atoms with Crippen LogP contribution in [0.5, 0.6) is 0 Å². The predicted molar refractivity (Wildman–Crippen MR) is 78.2 cm³/mol. The predicted octanol–water partition coefficient (Wildman–Crippen LogP) is 2.95. The van der Waals surface area contributed by atoms with E-state index in [9.17, 15) is 9.50 Å². The lowest BCUT2D eigenvalue weighted by Crippen LogP contribution is -2.23. The van der Waals surface area contributed by atoms with Crippen molar-refractivity contribution in [2.24, 2.45) is 0 Å². The number of nitrogens with zero attached hydrogens (tertiary/aromatic N) is 2. The summed E-state index contributed by atoms with van der Waals surface area (Å²) < 4.78 is 14.0. The van der Waals surface area contributed by atoms with Gasteiger partial charge in [0, 0.05) is 37.5 Å². The second-order valence-electron chi connectivity index (χ2n) is 4.85. The number of para-hydroxylation sites is 1. The summed E-state index contributed by atoms with van der Waals surface area (Å²) in [6, 6.07) is 10.5. The summed E-state index contributed by atoms with van der Waals surface area (Å²) in [5.74, 6) is -0.313. The maximum Gasteiger partial charge on any atom is 0.146 e. The van der Waals surface area contributed by atoms with Crippen LogP contribution < -0.4 is 4.90 Å². The van der Waals surface area contributed by atoms with Gasteiger partial charge in [-0.25, -0.2) is 4.39 Å². The number of aliphatic hydroxyl groups is 1. The highest BCUT2D eigenvalue weighted by molar-refractivity contribution is 5.55. The van der Waals surface area contributed by atoms with Crippen LogP contribution in [0.25, 0.3) is 0 Å². The summed E-state index contributed by atoms with van der Waals surface area (Å²) in [5.41, 5.74) is 2.03. The summed E-state index contributed by atoms with van der Waals surface area (Å²) in [4.78, 5) is 6.08. The Morgan fingerprint density at radius 2 is 2.05 bits per heavy atom. The molecule has 1 N–H and O–H groups in total. The van der Waals surface area contributed by atoms with E-state index in [1.807, 2.05) is 30.1 Å². The number of halogens is 1. The molecule has 0 saturated carbocycles. The van der Waals surface area contributed by atoms with Crippen LogP contribution in [-0.4, -0.2) is 23.7 Å². The Bertz CT molecular complexity index is 558. The van der Waals surface area contributed by atoms with Gasteiger partial charge >= 0.3 is 0 Å². The van der Waals surface area contributed by atoms with Crippen molar-refractivity contribution in [2.45, 2.75) is 19.4 Å². The molecule has 0 aliphatic heterocycles. The Labute approximate surface area is 118 Å². The van der Waals surface area contributed by atoms with Crippen molar-refractivity contribution in [3.63, 3.8) is 0 Å². The lowest BCUT2D eigenvalue weighted by atomic mass is 10.1. The molecule has 0 aliphatic rings. The van der Waals surface area contributed by atoms with Gasteiger partial charge in [0.15, 0.2) is 0 Å². The van der Waals surface area contributed by atoms with E-state index >= 15 is 0 Å². The van der Waals surface area contributed by atoms with Crippen molar-refractivity contribution in [2.75, 3.05) is 18.5 Å². The molecule has 0 bridgehead atoms. The summed E-state index contributed by atoms with van der Waals surface area (Å²) in [7, 11) is 1.83. The zero-order chi connectivity index (χ0) is 14.5. The van der Waals surface area contributed by atoms with Crippen molar-refractivity contribution in [1.29, 1.82) is 0 Å². The Kier molecular flexibility index (Phi) is 4.69. The van der Waals surface area contributed by atoms with Gasteiger partial charge in [0.05, 0.1) is 11.8 Å². The third-order valence-corrected chi connectivity index (χ3v) is 3.28. The topological polar surface area (TPSA) is 36.4 Å². The summed E-state index contributed by atoms with van der Waals surface area (Å²) in [6.45, 7) is 2.28. The number of rotatable bonds is 5. The average Bonchev–Trinajstić information content (AvgIpc) is 2.45. The van der Waals surface area contributed by atoms with E-state index in [-0.39, 0.29) is 5.82 Å². The quantitative estimate of drug-likeness (QED) is 0.910. The van der Waals surface area contributed by atoms with Crippen LogP contribution in [0.2, 0.25) is 0 Å². The van der Waals surface area contributed by atoms with Crippen LogP contribution in [0, 0.1) is 5.82 Å². The average molecular weight is 274 g/mol. The van der Waals surface area contributed by atoms with E-state index in [0.717, 1.165) is 12.1 Å². The van der Waals surface area contributed by atoms with Crippen LogP contribution in [0.4, 0.5) is 10.1 Å². The third kappa shape index (κ3) is 3.33. The van der Waals surface area contributed by atoms with Gasteiger partial charge in [-0.1, -0.05) is 18.2 Å². The third-order valence-electron chi connectivity index (χ3n) is 3.28. The number of hydrogen-bond donors (Lipinski definition) is 1. The van der Waals surface area contributed by atoms with Crippen molar-refractivity contribution in [1.82, 2.24) is 4.98 Å². The number of anilines is 1.